The van der Waals surface area contributed by atoms with Crippen LogP contribution in [0.1, 0.15) is 33.0 Å². The van der Waals surface area contributed by atoms with Crippen LogP contribution in [0, 0.1) is 6.92 Å². The van der Waals surface area contributed by atoms with Crippen LogP contribution >= 0.6 is 11.3 Å². The van der Waals surface area contributed by atoms with Gasteiger partial charge in [-0.3, -0.25) is 4.79 Å². The summed E-state index contributed by atoms with van der Waals surface area (Å²) in [4.78, 5) is 30.0. The van der Waals surface area contributed by atoms with Crippen molar-refractivity contribution in [3.05, 3.63) is 40.2 Å². The van der Waals surface area contributed by atoms with E-state index in [1.54, 1.807) is 13.3 Å². The average Bonchev–Trinajstić information content (AvgIpc) is 3.38. The van der Waals surface area contributed by atoms with Crippen molar-refractivity contribution in [1.82, 2.24) is 20.3 Å². The van der Waals surface area contributed by atoms with Gasteiger partial charge >= 0.3 is 0 Å². The molecule has 0 saturated carbocycles. The summed E-state index contributed by atoms with van der Waals surface area (Å²) in [5.74, 6) is 0.751. The van der Waals surface area contributed by atoms with Gasteiger partial charge < -0.3 is 31.2 Å². The molecule has 35 heavy (non-hydrogen) atoms. The number of carbonyl (C=O) groups excluding carboxylic acids is 1. The van der Waals surface area contributed by atoms with Crippen LogP contribution in [0.2, 0.25) is 0 Å². The van der Waals surface area contributed by atoms with Crippen molar-refractivity contribution in [3.8, 4) is 0 Å². The average molecular weight is 498 g/mol. The normalized spacial score (nSPS) is 21.9. The molecule has 3 aromatic heterocycles. The molecule has 0 bridgehead atoms. The number of rotatable bonds is 7. The van der Waals surface area contributed by atoms with E-state index >= 15 is 0 Å². The fraction of sp³-hybridized carbons (Fsp3) is 0.500. The minimum absolute atomic E-state index is 0.0219. The van der Waals surface area contributed by atoms with E-state index < -0.39 is 0 Å². The van der Waals surface area contributed by atoms with Gasteiger partial charge in [0, 0.05) is 38.1 Å². The Labute approximate surface area is 208 Å². The van der Waals surface area contributed by atoms with Crippen molar-refractivity contribution in [1.29, 1.82) is 0 Å². The van der Waals surface area contributed by atoms with Crippen molar-refractivity contribution >= 4 is 39.1 Å². The van der Waals surface area contributed by atoms with E-state index in [0.717, 1.165) is 48.6 Å². The lowest BCUT2D eigenvalue weighted by Crippen LogP contribution is -2.39. The van der Waals surface area contributed by atoms with Crippen LogP contribution < -0.4 is 21.7 Å². The monoisotopic (exact) mass is 497 g/mol. The number of thiophene rings is 1. The third kappa shape index (κ3) is 4.94. The van der Waals surface area contributed by atoms with Crippen LogP contribution in [0.25, 0.3) is 10.3 Å². The fourth-order valence-electron chi connectivity index (χ4n) is 4.73. The predicted molar refractivity (Wildman–Crippen MR) is 136 cm³/mol. The Balaban J connectivity index is 1.22. The minimum Gasteiger partial charge on any atom is -0.396 e. The fourth-order valence-corrected chi connectivity index (χ4v) is 5.73. The molecule has 2 aliphatic rings. The molecular weight excluding hydrogens is 466 g/mol. The highest BCUT2D eigenvalue weighted by atomic mass is 32.1. The van der Waals surface area contributed by atoms with Gasteiger partial charge in [0.1, 0.15) is 21.0 Å². The molecule has 3 atom stereocenters. The Morgan fingerprint density at radius 3 is 2.97 bits per heavy atom. The molecule has 1 aliphatic carbocycles. The number of nitrogen functional groups attached to an aromatic ring is 1. The SMILES string of the molecule is COCCOC1CN(c2ccc3c(n2)CCC(NC(=O)c2sc4nc(C)cnc4c2N)C3)CC1N. The number of nitrogens with one attached hydrogen (secondary N) is 1. The van der Waals surface area contributed by atoms with Crippen molar-refractivity contribution < 1.29 is 14.3 Å². The number of aryl methyl sites for hydroxylation is 2. The zero-order valence-corrected chi connectivity index (χ0v) is 20.8. The highest BCUT2D eigenvalue weighted by Crippen LogP contribution is 2.31. The molecule has 0 spiro atoms. The van der Waals surface area contributed by atoms with Crippen LogP contribution in [0.5, 0.6) is 0 Å². The Morgan fingerprint density at radius 1 is 1.29 bits per heavy atom. The molecule has 1 amide bonds. The minimum atomic E-state index is -0.173. The smallest absolute Gasteiger partial charge is 0.263 e. The Hall–Kier alpha value is -2.86. The summed E-state index contributed by atoms with van der Waals surface area (Å²) in [6.45, 7) is 4.39. The molecule has 3 unspecified atom stereocenters. The molecule has 0 radical (unpaired) electrons. The van der Waals surface area contributed by atoms with Gasteiger partial charge in [-0.2, -0.15) is 0 Å². The van der Waals surface area contributed by atoms with Crippen LogP contribution in [0.4, 0.5) is 11.5 Å². The number of fused-ring (bicyclic) bond motifs is 2. The molecule has 3 aromatic rings. The van der Waals surface area contributed by atoms with E-state index in [4.69, 9.17) is 25.9 Å². The van der Waals surface area contributed by atoms with Crippen molar-refractivity contribution in [2.45, 2.75) is 44.4 Å². The van der Waals surface area contributed by atoms with Gasteiger partial charge in [-0.05, 0) is 37.8 Å². The number of hydrogen-bond donors (Lipinski definition) is 3. The lowest BCUT2D eigenvalue weighted by molar-refractivity contribution is 0.0212. The number of anilines is 2. The van der Waals surface area contributed by atoms with Crippen LogP contribution in [0.3, 0.4) is 0 Å². The summed E-state index contributed by atoms with van der Waals surface area (Å²) in [6.07, 6.45) is 3.98. The molecule has 1 aliphatic heterocycles. The standard InChI is InChI=1S/C24H31N7O3S/c1-13-10-27-21-20(26)22(35-24(21)28-13)23(32)29-15-4-5-17-14(9-15)3-6-19(30-17)31-11-16(25)18(12-31)34-8-7-33-2/h3,6,10,15-16,18H,4-5,7-9,11-12,25-26H2,1-2H3,(H,29,32). The number of nitrogens with two attached hydrogens (primary N) is 2. The van der Waals surface area contributed by atoms with Gasteiger partial charge in [-0.15, -0.1) is 11.3 Å². The number of amides is 1. The molecule has 5 N–H and O–H groups in total. The van der Waals surface area contributed by atoms with Gasteiger partial charge in [0.15, 0.2) is 0 Å². The molecule has 4 heterocycles. The van der Waals surface area contributed by atoms with Gasteiger partial charge in [-0.1, -0.05) is 6.07 Å². The predicted octanol–water partition coefficient (Wildman–Crippen LogP) is 1.44. The summed E-state index contributed by atoms with van der Waals surface area (Å²) >= 11 is 1.29. The third-order valence-corrected chi connectivity index (χ3v) is 7.69. The van der Waals surface area contributed by atoms with Crippen LogP contribution in [-0.2, 0) is 22.3 Å². The van der Waals surface area contributed by atoms with E-state index in [2.05, 4.69) is 26.3 Å². The first-order valence-electron chi connectivity index (χ1n) is 11.8. The topological polar surface area (TPSA) is 142 Å². The summed E-state index contributed by atoms with van der Waals surface area (Å²) < 4.78 is 10.9. The summed E-state index contributed by atoms with van der Waals surface area (Å²) in [6, 6.07) is 4.12. The number of aromatic nitrogens is 3. The molecule has 186 valence electrons. The second-order valence-electron chi connectivity index (χ2n) is 9.17. The largest absolute Gasteiger partial charge is 0.396 e. The van der Waals surface area contributed by atoms with E-state index in [1.807, 2.05) is 13.0 Å². The highest BCUT2D eigenvalue weighted by Gasteiger charge is 2.32. The second kappa shape index (κ2) is 10.0. The van der Waals surface area contributed by atoms with E-state index in [-0.39, 0.29) is 24.1 Å². The van der Waals surface area contributed by atoms with Gasteiger partial charge in [0.2, 0.25) is 0 Å². The molecule has 1 fully saturated rings. The maximum atomic E-state index is 13.0. The zero-order chi connectivity index (χ0) is 24.5. The first kappa shape index (κ1) is 23.9. The first-order chi connectivity index (χ1) is 16.9. The van der Waals surface area contributed by atoms with Crippen LogP contribution in [0.15, 0.2) is 18.3 Å². The number of nitrogens with zero attached hydrogens (tertiary/aromatic N) is 4. The van der Waals surface area contributed by atoms with E-state index in [9.17, 15) is 4.79 Å². The Morgan fingerprint density at radius 2 is 2.14 bits per heavy atom. The molecule has 1 saturated heterocycles. The Kier molecular flexibility index (Phi) is 6.83. The molecule has 11 heteroatoms. The summed E-state index contributed by atoms with van der Waals surface area (Å²) in [5, 5.41) is 3.15. The molecule has 0 aromatic carbocycles. The van der Waals surface area contributed by atoms with E-state index in [0.29, 0.717) is 40.7 Å². The summed E-state index contributed by atoms with van der Waals surface area (Å²) in [7, 11) is 1.66. The van der Waals surface area contributed by atoms with Crippen molar-refractivity contribution in [2.75, 3.05) is 44.0 Å². The van der Waals surface area contributed by atoms with Crippen molar-refractivity contribution in [3.63, 3.8) is 0 Å². The van der Waals surface area contributed by atoms with Gasteiger partial charge in [-0.25, -0.2) is 15.0 Å². The van der Waals surface area contributed by atoms with Crippen LogP contribution in [-0.4, -0.2) is 72.5 Å². The number of ether oxygens (including phenoxy) is 2. The van der Waals surface area contributed by atoms with E-state index in [1.165, 1.54) is 11.3 Å². The highest BCUT2D eigenvalue weighted by molar-refractivity contribution is 7.21. The molecule has 5 rings (SSSR count). The number of carbonyl (C=O) groups is 1. The molecule has 10 nitrogen and oxygen atoms in total. The Bertz CT molecular complexity index is 1230. The molecular formula is C24H31N7O3S. The second-order valence-corrected chi connectivity index (χ2v) is 10.2. The quantitative estimate of drug-likeness (QED) is 0.413. The number of pyridine rings is 1. The summed E-state index contributed by atoms with van der Waals surface area (Å²) in [5.41, 5.74) is 16.5. The first-order valence-corrected chi connectivity index (χ1v) is 12.7. The lowest BCUT2D eigenvalue weighted by Gasteiger charge is -2.26. The van der Waals surface area contributed by atoms with Crippen molar-refractivity contribution in [2.24, 2.45) is 5.73 Å². The van der Waals surface area contributed by atoms with Gasteiger partial charge in [0.25, 0.3) is 5.91 Å². The maximum Gasteiger partial charge on any atom is 0.263 e. The zero-order valence-electron chi connectivity index (χ0n) is 20.0. The number of methoxy groups -OCH3 is 1. The lowest BCUT2D eigenvalue weighted by atomic mass is 9.91. The third-order valence-electron chi connectivity index (χ3n) is 6.60. The number of hydrogen-bond acceptors (Lipinski definition) is 10. The maximum absolute atomic E-state index is 13.0. The van der Waals surface area contributed by atoms with Gasteiger partial charge in [0.05, 0.1) is 36.7 Å².